The van der Waals surface area contributed by atoms with Crippen molar-refractivity contribution in [2.24, 2.45) is 4.99 Å². The Kier molecular flexibility index (Phi) is 9.60. The van der Waals surface area contributed by atoms with Gasteiger partial charge >= 0.3 is 0 Å². The third-order valence-electron chi connectivity index (χ3n) is 4.59. The highest BCUT2D eigenvalue weighted by Crippen LogP contribution is 2.17. The zero-order valence-corrected chi connectivity index (χ0v) is 20.0. The molecule has 0 fully saturated rings. The van der Waals surface area contributed by atoms with Gasteiger partial charge in [0.15, 0.2) is 5.96 Å². The van der Waals surface area contributed by atoms with Gasteiger partial charge in [-0.25, -0.2) is 13.1 Å². The minimum atomic E-state index is -3.36. The van der Waals surface area contributed by atoms with E-state index in [2.05, 4.69) is 37.5 Å². The van der Waals surface area contributed by atoms with Crippen molar-refractivity contribution in [1.29, 1.82) is 0 Å². The summed E-state index contributed by atoms with van der Waals surface area (Å²) >= 11 is 0. The predicted molar refractivity (Wildman–Crippen MR) is 134 cm³/mol. The smallest absolute Gasteiger partial charge is 0.213 e. The average Bonchev–Trinajstić information content (AvgIpc) is 3.15. The number of benzene rings is 2. The van der Waals surface area contributed by atoms with Gasteiger partial charge < -0.3 is 15.6 Å². The number of hydrogen-bond donors (Lipinski definition) is 4. The highest BCUT2D eigenvalue weighted by molar-refractivity contribution is 14.0. The number of aliphatic imine (C=N–C) groups is 1. The van der Waals surface area contributed by atoms with Crippen molar-refractivity contribution in [3.63, 3.8) is 0 Å². The highest BCUT2D eigenvalue weighted by Gasteiger charge is 2.10. The number of guanidine groups is 1. The quantitative estimate of drug-likeness (QED) is 0.190. The molecule has 1 aromatic heterocycles. The molecular weight excluding hydrogens is 513 g/mol. The van der Waals surface area contributed by atoms with E-state index in [1.54, 1.807) is 7.05 Å². The molecule has 0 unspecified atom stereocenters. The summed E-state index contributed by atoms with van der Waals surface area (Å²) in [4.78, 5) is 7.42. The number of aromatic nitrogens is 1. The molecule has 0 bridgehead atoms. The summed E-state index contributed by atoms with van der Waals surface area (Å²) in [7, 11) is -1.69. The van der Waals surface area contributed by atoms with Crippen LogP contribution in [0.25, 0.3) is 10.9 Å². The molecule has 162 valence electrons. The molecule has 0 saturated heterocycles. The molecule has 0 spiro atoms. The first-order valence-corrected chi connectivity index (χ1v) is 11.2. The Hall–Kier alpha value is -2.11. The lowest BCUT2D eigenvalue weighted by Crippen LogP contribution is -2.41. The van der Waals surface area contributed by atoms with Crippen LogP contribution in [0.1, 0.15) is 11.1 Å². The Morgan fingerprint density at radius 3 is 2.47 bits per heavy atom. The summed E-state index contributed by atoms with van der Waals surface area (Å²) in [6, 6.07) is 17.6. The van der Waals surface area contributed by atoms with Gasteiger partial charge in [0.2, 0.25) is 10.0 Å². The molecular formula is C21H28IN5O2S. The number of aromatic amines is 1. The van der Waals surface area contributed by atoms with Crippen LogP contribution < -0.4 is 15.4 Å². The van der Waals surface area contributed by atoms with Gasteiger partial charge in [-0.1, -0.05) is 48.5 Å². The number of hydrogen-bond acceptors (Lipinski definition) is 3. The molecule has 30 heavy (non-hydrogen) atoms. The zero-order valence-electron chi connectivity index (χ0n) is 16.9. The van der Waals surface area contributed by atoms with E-state index >= 15 is 0 Å². The number of halogens is 1. The molecule has 1 heterocycles. The second-order valence-electron chi connectivity index (χ2n) is 6.66. The van der Waals surface area contributed by atoms with Crippen molar-refractivity contribution in [2.45, 2.75) is 13.0 Å². The van der Waals surface area contributed by atoms with Gasteiger partial charge in [-0.2, -0.15) is 0 Å². The van der Waals surface area contributed by atoms with Gasteiger partial charge in [-0.05, 0) is 23.6 Å². The fourth-order valence-electron chi connectivity index (χ4n) is 3.04. The molecule has 0 aliphatic rings. The normalized spacial score (nSPS) is 11.8. The van der Waals surface area contributed by atoms with Crippen LogP contribution >= 0.6 is 24.0 Å². The van der Waals surface area contributed by atoms with E-state index in [0.29, 0.717) is 19.0 Å². The number of para-hydroxylation sites is 1. The fourth-order valence-corrected chi connectivity index (χ4v) is 3.94. The molecule has 2 aromatic carbocycles. The van der Waals surface area contributed by atoms with Crippen LogP contribution in [0.3, 0.4) is 0 Å². The molecule has 0 atom stereocenters. The van der Waals surface area contributed by atoms with Crippen molar-refractivity contribution < 1.29 is 8.42 Å². The lowest BCUT2D eigenvalue weighted by Gasteiger charge is -2.12. The Morgan fingerprint density at radius 2 is 1.70 bits per heavy atom. The maximum Gasteiger partial charge on any atom is 0.213 e. The minimum Gasteiger partial charge on any atom is -0.361 e. The minimum absolute atomic E-state index is 0. The number of H-pyrrole nitrogens is 1. The van der Waals surface area contributed by atoms with Crippen molar-refractivity contribution in [3.8, 4) is 0 Å². The number of nitrogens with zero attached hydrogens (tertiary/aromatic N) is 1. The summed E-state index contributed by atoms with van der Waals surface area (Å²) in [5.41, 5.74) is 3.29. The number of nitrogens with one attached hydrogen (secondary N) is 4. The van der Waals surface area contributed by atoms with Crippen LogP contribution in [-0.4, -0.2) is 45.3 Å². The maximum atomic E-state index is 12.2. The summed E-state index contributed by atoms with van der Waals surface area (Å²) < 4.78 is 26.9. The Labute approximate surface area is 194 Å². The molecule has 4 N–H and O–H groups in total. The molecule has 7 nitrogen and oxygen atoms in total. The Morgan fingerprint density at radius 1 is 1.00 bits per heavy atom. The third kappa shape index (κ3) is 7.29. The fraction of sp³-hybridized carbons (Fsp3) is 0.286. The van der Waals surface area contributed by atoms with Crippen molar-refractivity contribution in [2.75, 3.05) is 25.9 Å². The van der Waals surface area contributed by atoms with E-state index in [0.717, 1.165) is 17.5 Å². The third-order valence-corrected chi connectivity index (χ3v) is 5.91. The topological polar surface area (TPSA) is 98.4 Å². The predicted octanol–water partition coefficient (Wildman–Crippen LogP) is 2.61. The van der Waals surface area contributed by atoms with E-state index < -0.39 is 10.0 Å². The van der Waals surface area contributed by atoms with E-state index in [4.69, 9.17) is 0 Å². The summed E-state index contributed by atoms with van der Waals surface area (Å²) in [6.07, 6.45) is 2.86. The van der Waals surface area contributed by atoms with E-state index in [1.165, 1.54) is 10.9 Å². The molecule has 3 rings (SSSR count). The van der Waals surface area contributed by atoms with Crippen LogP contribution in [-0.2, 0) is 23.0 Å². The average molecular weight is 541 g/mol. The second-order valence-corrected chi connectivity index (χ2v) is 8.59. The van der Waals surface area contributed by atoms with E-state index in [9.17, 15) is 8.42 Å². The number of rotatable bonds is 9. The molecule has 0 aliphatic heterocycles. The molecule has 0 radical (unpaired) electrons. The van der Waals surface area contributed by atoms with Crippen LogP contribution in [0.5, 0.6) is 0 Å². The highest BCUT2D eigenvalue weighted by atomic mass is 127. The van der Waals surface area contributed by atoms with Gasteiger partial charge in [0.25, 0.3) is 0 Å². The molecule has 0 aliphatic carbocycles. The summed E-state index contributed by atoms with van der Waals surface area (Å²) in [5, 5.41) is 7.49. The Balaban J connectivity index is 0.00000320. The molecule has 9 heteroatoms. The van der Waals surface area contributed by atoms with E-state index in [1.807, 2.05) is 48.7 Å². The monoisotopic (exact) mass is 541 g/mol. The van der Waals surface area contributed by atoms with Gasteiger partial charge in [0.05, 0.1) is 5.75 Å². The standard InChI is InChI=1S/C21H27N5O2S.HI/c1-22-21(23-12-11-18-16-25-20-10-6-5-9-19(18)20)24-13-14-29(27,28)26-15-17-7-3-2-4-8-17;/h2-10,16,25-26H,11-15H2,1H3,(H2,22,23,24);1H. The van der Waals surface area contributed by atoms with Crippen molar-refractivity contribution in [3.05, 3.63) is 71.9 Å². The maximum absolute atomic E-state index is 12.2. The van der Waals surface area contributed by atoms with Gasteiger partial charge in [-0.3, -0.25) is 4.99 Å². The van der Waals surface area contributed by atoms with Crippen LogP contribution in [0, 0.1) is 0 Å². The van der Waals surface area contributed by atoms with Gasteiger partial charge in [0, 0.05) is 43.8 Å². The van der Waals surface area contributed by atoms with Crippen LogP contribution in [0.4, 0.5) is 0 Å². The SMILES string of the molecule is CN=C(NCCc1c[nH]c2ccccc12)NCCS(=O)(=O)NCc1ccccc1.I. The first-order valence-electron chi connectivity index (χ1n) is 9.58. The molecule has 3 aromatic rings. The second kappa shape index (κ2) is 11.9. The van der Waals surface area contributed by atoms with Gasteiger partial charge in [0.1, 0.15) is 0 Å². The number of sulfonamides is 1. The van der Waals surface area contributed by atoms with E-state index in [-0.39, 0.29) is 36.3 Å². The Bertz CT molecular complexity index is 1050. The molecule has 0 saturated carbocycles. The summed E-state index contributed by atoms with van der Waals surface area (Å²) in [6.45, 7) is 1.26. The van der Waals surface area contributed by atoms with Gasteiger partial charge in [-0.15, -0.1) is 24.0 Å². The van der Waals surface area contributed by atoms with Crippen molar-refractivity contribution in [1.82, 2.24) is 20.3 Å². The molecule has 0 amide bonds. The lowest BCUT2D eigenvalue weighted by molar-refractivity contribution is 0.580. The number of fused-ring (bicyclic) bond motifs is 1. The zero-order chi connectivity index (χ0) is 20.5. The van der Waals surface area contributed by atoms with Crippen LogP contribution in [0.2, 0.25) is 0 Å². The first-order chi connectivity index (χ1) is 14.1. The largest absolute Gasteiger partial charge is 0.361 e. The van der Waals surface area contributed by atoms with Crippen molar-refractivity contribution >= 4 is 50.9 Å². The lowest BCUT2D eigenvalue weighted by atomic mass is 10.1. The van der Waals surface area contributed by atoms with Crippen LogP contribution in [0.15, 0.2) is 65.8 Å². The summed E-state index contributed by atoms with van der Waals surface area (Å²) in [5.74, 6) is 0.561. The first kappa shape index (κ1) is 24.2.